The van der Waals surface area contributed by atoms with Gasteiger partial charge in [0.15, 0.2) is 17.4 Å². The Morgan fingerprint density at radius 1 is 1.29 bits per heavy atom. The zero-order valence-corrected chi connectivity index (χ0v) is 15.0. The number of hydrogen-bond donors (Lipinski definition) is 2. The molecule has 1 aromatic heterocycles. The lowest BCUT2D eigenvalue weighted by molar-refractivity contribution is -0.143. The molecular formula is C19H17F2NO6. The first kappa shape index (κ1) is 19.6. The largest absolute Gasteiger partial charge is 0.459 e. The Hall–Kier alpha value is -3.20. The van der Waals surface area contributed by atoms with Crippen molar-refractivity contribution >= 4 is 5.97 Å². The molecule has 0 aliphatic carbocycles. The van der Waals surface area contributed by atoms with Crippen molar-refractivity contribution in [2.75, 3.05) is 0 Å². The van der Waals surface area contributed by atoms with Crippen LogP contribution in [0.5, 0.6) is 5.75 Å². The molecular weight excluding hydrogens is 376 g/mol. The van der Waals surface area contributed by atoms with E-state index in [9.17, 15) is 23.5 Å². The molecule has 0 radical (unpaired) electrons. The van der Waals surface area contributed by atoms with Crippen LogP contribution in [0.2, 0.25) is 0 Å². The second-order valence-electron chi connectivity index (χ2n) is 6.37. The molecule has 148 valence electrons. The number of rotatable bonds is 4. The number of carbonyl (C=O) groups is 1. The number of aliphatic hydroxyl groups is 1. The van der Waals surface area contributed by atoms with Crippen LogP contribution >= 0.6 is 0 Å². The summed E-state index contributed by atoms with van der Waals surface area (Å²) in [4.78, 5) is 24.9. The Labute approximate surface area is 158 Å². The van der Waals surface area contributed by atoms with Gasteiger partial charge in [0, 0.05) is 6.07 Å². The van der Waals surface area contributed by atoms with Gasteiger partial charge in [0.25, 0.3) is 0 Å². The Bertz CT molecular complexity index is 1030. The summed E-state index contributed by atoms with van der Waals surface area (Å²) in [6.07, 6.45) is -0.504. The maximum absolute atomic E-state index is 13.9. The molecule has 28 heavy (non-hydrogen) atoms. The van der Waals surface area contributed by atoms with Crippen LogP contribution in [0.25, 0.3) is 0 Å². The molecule has 0 saturated heterocycles. The average Bonchev–Trinajstić information content (AvgIpc) is 2.62. The van der Waals surface area contributed by atoms with Gasteiger partial charge < -0.3 is 24.7 Å². The first-order valence-electron chi connectivity index (χ1n) is 8.34. The summed E-state index contributed by atoms with van der Waals surface area (Å²) in [5.41, 5.74) is 5.06. The standard InChI is InChI=1S/C19H17F2NO6/c1-8(2)26-19(25)15-14(9-3-4-11(20)12(21)5-9)17-16(28-18(15)22)13(24)6-10(7-23)27-17/h3-6,8,14,23H,7,22H2,1-2H3/t14-/m1/s1. The Morgan fingerprint density at radius 3 is 2.61 bits per heavy atom. The minimum atomic E-state index is -1.20. The van der Waals surface area contributed by atoms with Gasteiger partial charge in [-0.05, 0) is 31.5 Å². The SMILES string of the molecule is CC(C)OC(=O)C1=C(N)Oc2c(oc(CO)cc2=O)[C@@H]1c1ccc(F)c(F)c1. The van der Waals surface area contributed by atoms with Crippen LogP contribution in [0.15, 0.2) is 44.9 Å². The molecule has 3 rings (SSSR count). The van der Waals surface area contributed by atoms with E-state index in [1.165, 1.54) is 6.07 Å². The summed E-state index contributed by atoms with van der Waals surface area (Å²) in [6.45, 7) is 2.63. The van der Waals surface area contributed by atoms with Crippen molar-refractivity contribution in [3.05, 3.63) is 74.7 Å². The fourth-order valence-electron chi connectivity index (χ4n) is 2.86. The molecule has 1 aromatic carbocycles. The molecule has 9 heteroatoms. The number of carbonyl (C=O) groups excluding carboxylic acids is 1. The fourth-order valence-corrected chi connectivity index (χ4v) is 2.86. The molecule has 2 heterocycles. The van der Waals surface area contributed by atoms with Gasteiger partial charge in [-0.2, -0.15) is 0 Å². The van der Waals surface area contributed by atoms with Crippen LogP contribution in [0, 0.1) is 11.6 Å². The zero-order valence-electron chi connectivity index (χ0n) is 15.0. The van der Waals surface area contributed by atoms with Crippen LogP contribution in [0.4, 0.5) is 8.78 Å². The van der Waals surface area contributed by atoms with Gasteiger partial charge >= 0.3 is 5.97 Å². The van der Waals surface area contributed by atoms with Crippen molar-refractivity contribution in [3.8, 4) is 5.75 Å². The number of aliphatic hydroxyl groups excluding tert-OH is 1. The molecule has 0 fully saturated rings. The number of nitrogens with two attached hydrogens (primary N) is 1. The van der Waals surface area contributed by atoms with Gasteiger partial charge in [0.05, 0.1) is 12.0 Å². The Kier molecular flexibility index (Phi) is 5.19. The minimum Gasteiger partial charge on any atom is -0.459 e. The van der Waals surface area contributed by atoms with E-state index >= 15 is 0 Å². The monoisotopic (exact) mass is 393 g/mol. The second kappa shape index (κ2) is 7.43. The molecule has 0 bridgehead atoms. The smallest absolute Gasteiger partial charge is 0.340 e. The first-order chi connectivity index (χ1) is 13.2. The number of hydrogen-bond acceptors (Lipinski definition) is 7. The van der Waals surface area contributed by atoms with Crippen LogP contribution in [0.1, 0.15) is 36.8 Å². The van der Waals surface area contributed by atoms with Crippen LogP contribution in [-0.2, 0) is 16.1 Å². The van der Waals surface area contributed by atoms with E-state index in [0.717, 1.165) is 18.2 Å². The highest BCUT2D eigenvalue weighted by Gasteiger charge is 2.39. The topological polar surface area (TPSA) is 112 Å². The van der Waals surface area contributed by atoms with E-state index in [4.69, 9.17) is 19.6 Å². The predicted octanol–water partition coefficient (Wildman–Crippen LogP) is 2.06. The van der Waals surface area contributed by atoms with Crippen molar-refractivity contribution in [1.82, 2.24) is 0 Å². The third-order valence-corrected chi connectivity index (χ3v) is 4.00. The molecule has 0 amide bonds. The summed E-state index contributed by atoms with van der Waals surface area (Å²) in [5.74, 6) is -5.34. The number of benzene rings is 1. The maximum atomic E-state index is 13.9. The lowest BCUT2D eigenvalue weighted by Crippen LogP contribution is -2.31. The summed E-state index contributed by atoms with van der Waals surface area (Å²) < 4.78 is 43.3. The van der Waals surface area contributed by atoms with E-state index in [-0.39, 0.29) is 28.4 Å². The molecule has 0 saturated carbocycles. The molecule has 0 unspecified atom stereocenters. The third kappa shape index (κ3) is 3.48. The van der Waals surface area contributed by atoms with Gasteiger partial charge in [0.2, 0.25) is 17.1 Å². The maximum Gasteiger partial charge on any atom is 0.340 e. The Morgan fingerprint density at radius 2 is 2.00 bits per heavy atom. The van der Waals surface area contributed by atoms with Gasteiger partial charge in [-0.25, -0.2) is 13.6 Å². The summed E-state index contributed by atoms with van der Waals surface area (Å²) in [5, 5.41) is 9.34. The minimum absolute atomic E-state index is 0.0837. The first-order valence-corrected chi connectivity index (χ1v) is 8.34. The number of fused-ring (bicyclic) bond motifs is 1. The van der Waals surface area contributed by atoms with E-state index in [1.807, 2.05) is 0 Å². The lowest BCUT2D eigenvalue weighted by atomic mass is 9.86. The fraction of sp³-hybridized carbons (Fsp3) is 0.263. The van der Waals surface area contributed by atoms with Crippen molar-refractivity contribution in [3.63, 3.8) is 0 Å². The molecule has 1 aliphatic heterocycles. The molecule has 1 aliphatic rings. The van der Waals surface area contributed by atoms with Crippen LogP contribution in [-0.4, -0.2) is 17.2 Å². The molecule has 2 aromatic rings. The number of ether oxygens (including phenoxy) is 2. The second-order valence-corrected chi connectivity index (χ2v) is 6.37. The van der Waals surface area contributed by atoms with Gasteiger partial charge in [0.1, 0.15) is 17.9 Å². The normalized spacial score (nSPS) is 16.0. The summed E-state index contributed by atoms with van der Waals surface area (Å²) in [6, 6.07) is 3.96. The predicted molar refractivity (Wildman–Crippen MR) is 92.2 cm³/mol. The zero-order chi connectivity index (χ0) is 20.6. The highest BCUT2D eigenvalue weighted by Crippen LogP contribution is 2.42. The molecule has 0 spiro atoms. The van der Waals surface area contributed by atoms with Crippen molar-refractivity contribution in [2.24, 2.45) is 5.73 Å². The molecule has 7 nitrogen and oxygen atoms in total. The van der Waals surface area contributed by atoms with Crippen molar-refractivity contribution in [2.45, 2.75) is 32.5 Å². The quantitative estimate of drug-likeness (QED) is 0.765. The highest BCUT2D eigenvalue weighted by molar-refractivity contribution is 5.92. The van der Waals surface area contributed by atoms with Crippen LogP contribution < -0.4 is 15.9 Å². The van der Waals surface area contributed by atoms with E-state index in [0.29, 0.717) is 0 Å². The van der Waals surface area contributed by atoms with E-state index in [2.05, 4.69) is 0 Å². The van der Waals surface area contributed by atoms with Crippen LogP contribution in [0.3, 0.4) is 0 Å². The third-order valence-electron chi connectivity index (χ3n) is 4.00. The van der Waals surface area contributed by atoms with E-state index < -0.39 is 47.5 Å². The average molecular weight is 393 g/mol. The van der Waals surface area contributed by atoms with Crippen molar-refractivity contribution in [1.29, 1.82) is 0 Å². The molecule has 1 atom stereocenters. The summed E-state index contributed by atoms with van der Waals surface area (Å²) in [7, 11) is 0. The Balaban J connectivity index is 2.27. The van der Waals surface area contributed by atoms with Gasteiger partial charge in [-0.1, -0.05) is 6.07 Å². The lowest BCUT2D eigenvalue weighted by Gasteiger charge is -2.27. The number of halogens is 2. The molecule has 3 N–H and O–H groups in total. The van der Waals surface area contributed by atoms with E-state index in [1.54, 1.807) is 13.8 Å². The van der Waals surface area contributed by atoms with Crippen molar-refractivity contribution < 1.29 is 32.6 Å². The van der Waals surface area contributed by atoms with Gasteiger partial charge in [-0.15, -0.1) is 0 Å². The number of esters is 1. The summed E-state index contributed by atoms with van der Waals surface area (Å²) >= 11 is 0. The highest BCUT2D eigenvalue weighted by atomic mass is 19.2. The van der Waals surface area contributed by atoms with Gasteiger partial charge in [-0.3, -0.25) is 4.79 Å².